The number of thiophene rings is 1. The summed E-state index contributed by atoms with van der Waals surface area (Å²) in [6.45, 7) is 14.4. The average Bonchev–Trinajstić information content (AvgIpc) is 3.90. The number of hydrogen-bond acceptors (Lipinski definition) is 3. The average molecular weight is 676 g/mol. The van der Waals surface area contributed by atoms with Crippen molar-refractivity contribution in [2.45, 2.75) is 57.8 Å². The van der Waals surface area contributed by atoms with Gasteiger partial charge in [0.2, 0.25) is 5.89 Å². The fourth-order valence-electron chi connectivity index (χ4n) is 9.59. The molecular formula is C48H37NOS. The molecule has 0 N–H and O–H groups in total. The molecule has 2 nitrogen and oxygen atoms in total. The van der Waals surface area contributed by atoms with Gasteiger partial charge in [0.25, 0.3) is 0 Å². The molecule has 2 heterocycles. The van der Waals surface area contributed by atoms with Gasteiger partial charge in [-0.25, -0.2) is 4.98 Å². The van der Waals surface area contributed by atoms with E-state index in [1.54, 1.807) is 0 Å². The molecule has 11 rings (SSSR count). The molecular weight excluding hydrogens is 639 g/mol. The minimum atomic E-state index is -0.163. The number of nitrogens with zero attached hydrogens (tertiary/aromatic N) is 1. The van der Waals surface area contributed by atoms with Gasteiger partial charge in [-0.05, 0) is 144 Å². The van der Waals surface area contributed by atoms with E-state index in [1.165, 1.54) is 87.3 Å². The Hall–Kier alpha value is -5.25. The third kappa shape index (κ3) is 3.80. The molecule has 3 aliphatic carbocycles. The standard InChI is InChI=1S/C48H37NOS/c1-46(2)35-19-27(44-21-26-11-7-10-14-43(26)51-44)15-17-29(35)31-22-39-33(24-37(31)46)34-25-38-32(23-40(34)48(39,5)6)30-18-16-28(20-36(30)47(38,3)4)45-49-41-12-8-9-13-42(41)50-45/h7-25H,1-6H3. The molecule has 3 heteroatoms. The summed E-state index contributed by atoms with van der Waals surface area (Å²) >= 11 is 1.89. The van der Waals surface area contributed by atoms with Gasteiger partial charge in [-0.2, -0.15) is 0 Å². The van der Waals surface area contributed by atoms with E-state index in [0.717, 1.165) is 16.7 Å². The van der Waals surface area contributed by atoms with Crippen molar-refractivity contribution in [3.8, 4) is 55.3 Å². The van der Waals surface area contributed by atoms with Crippen LogP contribution in [0.3, 0.4) is 0 Å². The highest BCUT2D eigenvalue weighted by Crippen LogP contribution is 2.59. The van der Waals surface area contributed by atoms with Gasteiger partial charge in [0, 0.05) is 31.4 Å². The van der Waals surface area contributed by atoms with Crippen LogP contribution in [0.15, 0.2) is 120 Å². The van der Waals surface area contributed by atoms with Crippen LogP contribution in [-0.2, 0) is 16.2 Å². The van der Waals surface area contributed by atoms with Crippen LogP contribution in [0.1, 0.15) is 74.9 Å². The van der Waals surface area contributed by atoms with Crippen LogP contribution in [0, 0.1) is 0 Å². The Morgan fingerprint density at radius 1 is 0.471 bits per heavy atom. The third-order valence-electron chi connectivity index (χ3n) is 12.5. The van der Waals surface area contributed by atoms with Gasteiger partial charge in [-0.15, -0.1) is 11.3 Å². The molecule has 8 aromatic rings. The number of oxazole rings is 1. The van der Waals surface area contributed by atoms with Gasteiger partial charge in [0.15, 0.2) is 5.58 Å². The lowest BCUT2D eigenvalue weighted by atomic mass is 9.78. The number of aromatic nitrogens is 1. The molecule has 0 spiro atoms. The summed E-state index contributed by atoms with van der Waals surface area (Å²) in [7, 11) is 0. The van der Waals surface area contributed by atoms with Crippen molar-refractivity contribution in [3.05, 3.63) is 149 Å². The maximum absolute atomic E-state index is 6.20. The Bertz CT molecular complexity index is 2580. The van der Waals surface area contributed by atoms with Crippen molar-refractivity contribution in [2.75, 3.05) is 0 Å². The summed E-state index contributed by atoms with van der Waals surface area (Å²) < 4.78 is 7.54. The molecule has 0 aliphatic heterocycles. The normalized spacial score (nSPS) is 16.5. The first-order valence-electron chi connectivity index (χ1n) is 18.0. The maximum atomic E-state index is 6.20. The Balaban J connectivity index is 1.02. The van der Waals surface area contributed by atoms with Gasteiger partial charge < -0.3 is 4.42 Å². The van der Waals surface area contributed by atoms with E-state index >= 15 is 0 Å². The van der Waals surface area contributed by atoms with Gasteiger partial charge in [0.1, 0.15) is 5.52 Å². The quantitative estimate of drug-likeness (QED) is 0.182. The summed E-state index contributed by atoms with van der Waals surface area (Å²) in [5, 5.41) is 1.32. The molecule has 3 aliphatic rings. The second-order valence-corrected chi connectivity index (χ2v) is 17.5. The number of fused-ring (bicyclic) bond motifs is 11. The van der Waals surface area contributed by atoms with Crippen molar-refractivity contribution in [2.24, 2.45) is 0 Å². The summed E-state index contributed by atoms with van der Waals surface area (Å²) in [5.41, 5.74) is 20.3. The van der Waals surface area contributed by atoms with Gasteiger partial charge in [0.05, 0.1) is 0 Å². The van der Waals surface area contributed by atoms with Crippen LogP contribution in [0.5, 0.6) is 0 Å². The van der Waals surface area contributed by atoms with E-state index in [0.29, 0.717) is 5.89 Å². The minimum absolute atomic E-state index is 0.105. The molecule has 51 heavy (non-hydrogen) atoms. The molecule has 0 amide bonds. The van der Waals surface area contributed by atoms with Gasteiger partial charge >= 0.3 is 0 Å². The molecule has 0 unspecified atom stereocenters. The van der Waals surface area contributed by atoms with Crippen LogP contribution >= 0.6 is 11.3 Å². The molecule has 246 valence electrons. The first-order valence-corrected chi connectivity index (χ1v) is 18.8. The zero-order valence-electron chi connectivity index (χ0n) is 29.7. The van der Waals surface area contributed by atoms with Crippen LogP contribution in [0.4, 0.5) is 0 Å². The maximum Gasteiger partial charge on any atom is 0.227 e. The Labute approximate surface area is 302 Å². The van der Waals surface area contributed by atoms with Crippen LogP contribution < -0.4 is 0 Å². The highest BCUT2D eigenvalue weighted by atomic mass is 32.1. The van der Waals surface area contributed by atoms with Crippen LogP contribution in [-0.4, -0.2) is 4.98 Å². The largest absolute Gasteiger partial charge is 0.436 e. The number of hydrogen-bond donors (Lipinski definition) is 0. The summed E-state index contributed by atoms with van der Waals surface area (Å²) in [6.07, 6.45) is 0. The van der Waals surface area contributed by atoms with E-state index in [-0.39, 0.29) is 16.2 Å². The highest BCUT2D eigenvalue weighted by Gasteiger charge is 2.44. The Kier molecular flexibility index (Phi) is 5.51. The minimum Gasteiger partial charge on any atom is -0.436 e. The van der Waals surface area contributed by atoms with Crippen molar-refractivity contribution in [1.82, 2.24) is 4.98 Å². The molecule has 0 radical (unpaired) electrons. The summed E-state index contributed by atoms with van der Waals surface area (Å²) in [4.78, 5) is 6.15. The Morgan fingerprint density at radius 2 is 0.961 bits per heavy atom. The monoisotopic (exact) mass is 675 g/mol. The molecule has 2 aromatic heterocycles. The fourth-order valence-corrected chi connectivity index (χ4v) is 10.7. The smallest absolute Gasteiger partial charge is 0.227 e. The zero-order valence-corrected chi connectivity index (χ0v) is 30.5. The van der Waals surface area contributed by atoms with E-state index in [1.807, 2.05) is 35.6 Å². The molecule has 0 bridgehead atoms. The number of para-hydroxylation sites is 2. The SMILES string of the molecule is CC1(C)c2cc(-c3nc4ccccc4o3)ccc2-c2cc3c(cc21)-c1cc2c(cc1C3(C)C)-c1ccc(-c3cc4ccccc4s3)cc1C2(C)C. The highest BCUT2D eigenvalue weighted by molar-refractivity contribution is 7.22. The van der Waals surface area contributed by atoms with E-state index in [9.17, 15) is 0 Å². The van der Waals surface area contributed by atoms with Crippen LogP contribution in [0.2, 0.25) is 0 Å². The number of rotatable bonds is 2. The fraction of sp³-hybridized carbons (Fsp3) is 0.188. The number of benzene rings is 6. The first kappa shape index (κ1) is 29.5. The predicted molar refractivity (Wildman–Crippen MR) is 213 cm³/mol. The Morgan fingerprint density at radius 3 is 1.55 bits per heavy atom. The third-order valence-corrected chi connectivity index (χ3v) is 13.7. The summed E-state index contributed by atoms with van der Waals surface area (Å²) in [6, 6.07) is 43.1. The van der Waals surface area contributed by atoms with Crippen molar-refractivity contribution < 1.29 is 4.42 Å². The molecule has 6 aromatic carbocycles. The molecule has 0 saturated heterocycles. The second kappa shape index (κ2) is 9.54. The van der Waals surface area contributed by atoms with Crippen molar-refractivity contribution >= 4 is 32.5 Å². The molecule has 0 fully saturated rings. The molecule has 0 saturated carbocycles. The summed E-state index contributed by atoms with van der Waals surface area (Å²) in [5.74, 6) is 0.678. The van der Waals surface area contributed by atoms with Crippen molar-refractivity contribution in [1.29, 1.82) is 0 Å². The van der Waals surface area contributed by atoms with Gasteiger partial charge in [-0.3, -0.25) is 0 Å². The lowest BCUT2D eigenvalue weighted by molar-refractivity contribution is 0.618. The lowest BCUT2D eigenvalue weighted by Crippen LogP contribution is -2.17. The van der Waals surface area contributed by atoms with Crippen molar-refractivity contribution in [3.63, 3.8) is 0 Å². The molecule has 0 atom stereocenters. The van der Waals surface area contributed by atoms with E-state index in [4.69, 9.17) is 9.40 Å². The second-order valence-electron chi connectivity index (χ2n) is 16.4. The first-order chi connectivity index (χ1) is 24.5. The lowest BCUT2D eigenvalue weighted by Gasteiger charge is -2.25. The topological polar surface area (TPSA) is 26.0 Å². The van der Waals surface area contributed by atoms with E-state index in [2.05, 4.69) is 133 Å². The predicted octanol–water partition coefficient (Wildman–Crippen LogP) is 13.3. The zero-order chi connectivity index (χ0) is 34.6. The van der Waals surface area contributed by atoms with Gasteiger partial charge in [-0.1, -0.05) is 90.1 Å². The van der Waals surface area contributed by atoms with Crippen LogP contribution in [0.25, 0.3) is 76.5 Å². The van der Waals surface area contributed by atoms with E-state index < -0.39 is 0 Å².